The van der Waals surface area contributed by atoms with Crippen LogP contribution in [-0.2, 0) is 14.8 Å². The van der Waals surface area contributed by atoms with Gasteiger partial charge in [0.15, 0.2) is 0 Å². The molecule has 106 valence electrons. The lowest BCUT2D eigenvalue weighted by atomic mass is 10.2. The molecule has 1 amide bonds. The molecule has 0 aliphatic heterocycles. The van der Waals surface area contributed by atoms with Crippen molar-refractivity contribution in [2.24, 2.45) is 0 Å². The monoisotopic (exact) mass is 285 g/mol. The Morgan fingerprint density at radius 2 is 2.00 bits per heavy atom. The first-order valence-corrected chi connectivity index (χ1v) is 7.58. The van der Waals surface area contributed by atoms with Gasteiger partial charge in [0.1, 0.15) is 0 Å². The van der Waals surface area contributed by atoms with Gasteiger partial charge in [-0.15, -0.1) is 0 Å². The number of sulfonamides is 1. The zero-order chi connectivity index (χ0) is 14.5. The van der Waals surface area contributed by atoms with Crippen molar-refractivity contribution in [3.63, 3.8) is 0 Å². The molecule has 19 heavy (non-hydrogen) atoms. The summed E-state index contributed by atoms with van der Waals surface area (Å²) in [4.78, 5) is 11.4. The van der Waals surface area contributed by atoms with Gasteiger partial charge in [-0.3, -0.25) is 9.52 Å². The van der Waals surface area contributed by atoms with Crippen molar-refractivity contribution in [3.05, 3.63) is 23.8 Å². The fraction of sp³-hybridized carbons (Fsp3) is 0.417. The maximum absolute atomic E-state index is 11.5. The van der Waals surface area contributed by atoms with Crippen LogP contribution in [0.3, 0.4) is 0 Å². The summed E-state index contributed by atoms with van der Waals surface area (Å²) in [7, 11) is -1.60. The highest BCUT2D eigenvalue weighted by Crippen LogP contribution is 2.20. The van der Waals surface area contributed by atoms with Crippen LogP contribution in [0.5, 0.6) is 0 Å². The molecule has 7 heteroatoms. The first kappa shape index (κ1) is 15.5. The Morgan fingerprint density at radius 1 is 1.32 bits per heavy atom. The lowest BCUT2D eigenvalue weighted by Crippen LogP contribution is -2.25. The van der Waals surface area contributed by atoms with E-state index in [1.54, 1.807) is 39.1 Å². The summed E-state index contributed by atoms with van der Waals surface area (Å²) in [6.07, 6.45) is 0. The molecule has 6 nitrogen and oxygen atoms in total. The topological polar surface area (TPSA) is 87.3 Å². The van der Waals surface area contributed by atoms with Gasteiger partial charge in [0, 0.05) is 5.69 Å². The minimum Gasteiger partial charge on any atom is -0.325 e. The number of carbonyl (C=O) groups excluding carboxylic acids is 1. The van der Waals surface area contributed by atoms with E-state index in [0.717, 1.165) is 5.56 Å². The molecule has 3 N–H and O–H groups in total. The number of hydrogen-bond donors (Lipinski definition) is 3. The van der Waals surface area contributed by atoms with Crippen LogP contribution in [0, 0.1) is 6.92 Å². The standard InChI is InChI=1S/C12H19N3O3S/c1-4-19(17,18)15-11-6-5-10(7-9(11)2)14-12(16)8-13-3/h5-7,13,15H,4,8H2,1-3H3,(H,14,16). The number of likely N-dealkylation sites (N-methyl/N-ethyl adjacent to an activating group) is 1. The van der Waals surface area contributed by atoms with Crippen molar-refractivity contribution in [1.82, 2.24) is 5.32 Å². The fourth-order valence-corrected chi connectivity index (χ4v) is 2.17. The highest BCUT2D eigenvalue weighted by molar-refractivity contribution is 7.92. The molecule has 0 atom stereocenters. The summed E-state index contributed by atoms with van der Waals surface area (Å²) in [5.41, 5.74) is 1.91. The third-order valence-corrected chi connectivity index (χ3v) is 3.78. The fourth-order valence-electron chi connectivity index (χ4n) is 1.46. The summed E-state index contributed by atoms with van der Waals surface area (Å²) in [5.74, 6) is -0.128. The van der Waals surface area contributed by atoms with Crippen molar-refractivity contribution >= 4 is 27.3 Å². The molecule has 0 unspecified atom stereocenters. The average molecular weight is 285 g/mol. The number of anilines is 2. The average Bonchev–Trinajstić information content (AvgIpc) is 2.33. The second-order valence-corrected chi connectivity index (χ2v) is 6.12. The molecule has 1 rings (SSSR count). The van der Waals surface area contributed by atoms with E-state index in [2.05, 4.69) is 15.4 Å². The number of rotatable bonds is 6. The van der Waals surface area contributed by atoms with Gasteiger partial charge in [-0.1, -0.05) is 0 Å². The molecule has 1 aromatic carbocycles. The Bertz CT molecular complexity index is 555. The predicted molar refractivity (Wildman–Crippen MR) is 76.8 cm³/mol. The van der Waals surface area contributed by atoms with E-state index in [4.69, 9.17) is 0 Å². The first-order valence-electron chi connectivity index (χ1n) is 5.93. The molecule has 0 aliphatic rings. The number of hydrogen-bond acceptors (Lipinski definition) is 4. The highest BCUT2D eigenvalue weighted by Gasteiger charge is 2.09. The number of aryl methyl sites for hydroxylation is 1. The van der Waals surface area contributed by atoms with Crippen LogP contribution < -0.4 is 15.4 Å². The minimum absolute atomic E-state index is 0.0209. The number of amides is 1. The molecule has 0 spiro atoms. The Kier molecular flexibility index (Phi) is 5.31. The molecule has 0 fully saturated rings. The highest BCUT2D eigenvalue weighted by atomic mass is 32.2. The maximum Gasteiger partial charge on any atom is 0.238 e. The molecule has 0 saturated carbocycles. The van der Waals surface area contributed by atoms with Crippen LogP contribution in [0.2, 0.25) is 0 Å². The Morgan fingerprint density at radius 3 is 2.53 bits per heavy atom. The molecular weight excluding hydrogens is 266 g/mol. The van der Waals surface area contributed by atoms with Crippen LogP contribution in [0.4, 0.5) is 11.4 Å². The van der Waals surface area contributed by atoms with E-state index in [-0.39, 0.29) is 18.2 Å². The van der Waals surface area contributed by atoms with Crippen molar-refractivity contribution in [3.8, 4) is 0 Å². The van der Waals surface area contributed by atoms with Gasteiger partial charge in [0.25, 0.3) is 0 Å². The third kappa shape index (κ3) is 4.88. The van der Waals surface area contributed by atoms with E-state index >= 15 is 0 Å². The molecule has 0 aliphatic carbocycles. The van der Waals surface area contributed by atoms with Crippen LogP contribution >= 0.6 is 0 Å². The molecule has 0 bridgehead atoms. The van der Waals surface area contributed by atoms with Crippen molar-refractivity contribution in [2.45, 2.75) is 13.8 Å². The van der Waals surface area contributed by atoms with Crippen LogP contribution in [0.15, 0.2) is 18.2 Å². The SMILES string of the molecule is CCS(=O)(=O)Nc1ccc(NC(=O)CNC)cc1C. The summed E-state index contributed by atoms with van der Waals surface area (Å²) >= 11 is 0. The van der Waals surface area contributed by atoms with Crippen LogP contribution in [0.25, 0.3) is 0 Å². The van der Waals surface area contributed by atoms with Crippen molar-refractivity contribution < 1.29 is 13.2 Å². The predicted octanol–water partition coefficient (Wildman–Crippen LogP) is 0.915. The largest absolute Gasteiger partial charge is 0.325 e. The van der Waals surface area contributed by atoms with E-state index in [1.807, 2.05) is 0 Å². The summed E-state index contributed by atoms with van der Waals surface area (Å²) in [6.45, 7) is 3.58. The number of carbonyl (C=O) groups is 1. The lowest BCUT2D eigenvalue weighted by molar-refractivity contribution is -0.115. The van der Waals surface area contributed by atoms with Gasteiger partial charge in [0.2, 0.25) is 15.9 Å². The second kappa shape index (κ2) is 6.53. The van der Waals surface area contributed by atoms with Crippen LogP contribution in [0.1, 0.15) is 12.5 Å². The molecule has 0 heterocycles. The second-order valence-electron chi connectivity index (χ2n) is 4.11. The first-order chi connectivity index (χ1) is 8.88. The van der Waals surface area contributed by atoms with Gasteiger partial charge >= 0.3 is 0 Å². The molecule has 0 radical (unpaired) electrons. The quantitative estimate of drug-likeness (QED) is 0.725. The van der Waals surface area contributed by atoms with Crippen LogP contribution in [-0.4, -0.2) is 33.7 Å². The molecular formula is C12H19N3O3S. The summed E-state index contributed by atoms with van der Waals surface area (Å²) in [5, 5.41) is 5.46. The summed E-state index contributed by atoms with van der Waals surface area (Å²) in [6, 6.07) is 5.02. The van der Waals surface area contributed by atoms with Gasteiger partial charge in [-0.25, -0.2) is 8.42 Å². The van der Waals surface area contributed by atoms with Crippen molar-refractivity contribution in [1.29, 1.82) is 0 Å². The zero-order valence-corrected chi connectivity index (χ0v) is 12.1. The van der Waals surface area contributed by atoms with Gasteiger partial charge in [-0.2, -0.15) is 0 Å². The Balaban J connectivity index is 2.83. The third-order valence-electron chi connectivity index (χ3n) is 2.49. The van der Waals surface area contributed by atoms with Gasteiger partial charge in [-0.05, 0) is 44.7 Å². The van der Waals surface area contributed by atoms with Crippen molar-refractivity contribution in [2.75, 3.05) is 29.4 Å². The maximum atomic E-state index is 11.5. The van der Waals surface area contributed by atoms with Gasteiger partial charge in [0.05, 0.1) is 18.0 Å². The zero-order valence-electron chi connectivity index (χ0n) is 11.3. The number of nitrogens with one attached hydrogen (secondary N) is 3. The summed E-state index contributed by atoms with van der Waals surface area (Å²) < 4.78 is 25.4. The van der Waals surface area contributed by atoms with E-state index < -0.39 is 10.0 Å². The molecule has 0 aromatic heterocycles. The van der Waals surface area contributed by atoms with E-state index in [0.29, 0.717) is 11.4 Å². The van der Waals surface area contributed by atoms with E-state index in [1.165, 1.54) is 0 Å². The minimum atomic E-state index is -3.29. The Labute approximate surface area is 113 Å². The number of benzene rings is 1. The molecule has 1 aromatic rings. The normalized spacial score (nSPS) is 11.1. The smallest absolute Gasteiger partial charge is 0.238 e. The molecule has 0 saturated heterocycles. The van der Waals surface area contributed by atoms with Gasteiger partial charge < -0.3 is 10.6 Å². The lowest BCUT2D eigenvalue weighted by Gasteiger charge is -2.11. The van der Waals surface area contributed by atoms with E-state index in [9.17, 15) is 13.2 Å². The Hall–Kier alpha value is -1.60.